The summed E-state index contributed by atoms with van der Waals surface area (Å²) >= 11 is 0. The van der Waals surface area contributed by atoms with Crippen LogP contribution in [0.4, 0.5) is 0 Å². The highest BCUT2D eigenvalue weighted by molar-refractivity contribution is 5.87. The van der Waals surface area contributed by atoms with Crippen LogP contribution in [0.1, 0.15) is 15.9 Å². The third-order valence-corrected chi connectivity index (χ3v) is 4.48. The summed E-state index contributed by atoms with van der Waals surface area (Å²) in [4.78, 5) is 19.4. The van der Waals surface area contributed by atoms with Crippen LogP contribution < -0.4 is 0 Å². The number of imidazole rings is 1. The van der Waals surface area contributed by atoms with E-state index in [0.717, 1.165) is 28.1 Å². The number of rotatable bonds is 4. The van der Waals surface area contributed by atoms with E-state index < -0.39 is 0 Å². The van der Waals surface area contributed by atoms with E-state index in [1.165, 1.54) is 0 Å². The first-order valence-electron chi connectivity index (χ1n) is 8.67. The van der Waals surface area contributed by atoms with E-state index in [2.05, 4.69) is 4.98 Å². The molecular weight excluding hydrogens is 336 g/mol. The highest BCUT2D eigenvalue weighted by Gasteiger charge is 2.18. The molecule has 0 aliphatic heterocycles. The lowest BCUT2D eigenvalue weighted by molar-refractivity contribution is 0.112. The zero-order valence-corrected chi connectivity index (χ0v) is 14.8. The predicted octanol–water partition coefficient (Wildman–Crippen LogP) is 5.24. The van der Waals surface area contributed by atoms with Gasteiger partial charge in [-0.05, 0) is 24.6 Å². The molecule has 0 unspecified atom stereocenters. The average Bonchev–Trinajstić information content (AvgIpc) is 3.16. The number of hydrogen-bond acceptors (Lipinski definition) is 3. The fourth-order valence-electron chi connectivity index (χ4n) is 3.20. The van der Waals surface area contributed by atoms with Crippen LogP contribution in [0.15, 0.2) is 72.8 Å². The molecular formula is C23H18N2O2. The number of benzene rings is 3. The van der Waals surface area contributed by atoms with Crippen LogP contribution in [-0.4, -0.2) is 21.4 Å². The van der Waals surface area contributed by atoms with Gasteiger partial charge in [0.25, 0.3) is 0 Å². The van der Waals surface area contributed by atoms with E-state index in [-0.39, 0.29) is 11.3 Å². The van der Waals surface area contributed by atoms with Crippen molar-refractivity contribution in [2.75, 3.05) is 0 Å². The van der Waals surface area contributed by atoms with Gasteiger partial charge in [-0.3, -0.25) is 4.79 Å². The normalized spacial score (nSPS) is 10.7. The van der Waals surface area contributed by atoms with Gasteiger partial charge >= 0.3 is 0 Å². The molecule has 0 radical (unpaired) electrons. The third kappa shape index (κ3) is 3.13. The maximum absolute atomic E-state index is 11.3. The third-order valence-electron chi connectivity index (χ3n) is 4.48. The molecule has 0 aliphatic rings. The van der Waals surface area contributed by atoms with Gasteiger partial charge in [0.1, 0.15) is 11.6 Å². The van der Waals surface area contributed by atoms with E-state index in [0.29, 0.717) is 17.7 Å². The van der Waals surface area contributed by atoms with E-state index in [1.807, 2.05) is 73.7 Å². The molecule has 4 rings (SSSR count). The highest BCUT2D eigenvalue weighted by Crippen LogP contribution is 2.37. The lowest BCUT2D eigenvalue weighted by atomic mass is 10.0. The summed E-state index contributed by atoms with van der Waals surface area (Å²) in [5.41, 5.74) is 5.28. The van der Waals surface area contributed by atoms with Crippen molar-refractivity contribution in [3.63, 3.8) is 0 Å². The molecule has 0 saturated heterocycles. The molecule has 0 aliphatic carbocycles. The molecule has 1 heterocycles. The van der Waals surface area contributed by atoms with Crippen LogP contribution in [0, 0.1) is 6.92 Å². The fraction of sp³-hybridized carbons (Fsp3) is 0.0435. The van der Waals surface area contributed by atoms with E-state index in [9.17, 15) is 9.90 Å². The molecule has 2 N–H and O–H groups in total. The van der Waals surface area contributed by atoms with Gasteiger partial charge in [-0.2, -0.15) is 0 Å². The lowest BCUT2D eigenvalue weighted by Gasteiger charge is -2.06. The lowest BCUT2D eigenvalue weighted by Crippen LogP contribution is -1.90. The number of aldehydes is 1. The number of carbonyl (C=O) groups is 1. The van der Waals surface area contributed by atoms with Crippen molar-refractivity contribution in [3.8, 4) is 39.7 Å². The Morgan fingerprint density at radius 1 is 0.926 bits per heavy atom. The Kier molecular flexibility index (Phi) is 4.30. The van der Waals surface area contributed by atoms with E-state index in [1.54, 1.807) is 6.07 Å². The predicted molar refractivity (Wildman–Crippen MR) is 107 cm³/mol. The first-order valence-corrected chi connectivity index (χ1v) is 8.67. The molecule has 0 fully saturated rings. The number of carbonyl (C=O) groups excluding carboxylic acids is 1. The Bertz CT molecular complexity index is 1040. The van der Waals surface area contributed by atoms with E-state index in [4.69, 9.17) is 4.98 Å². The number of phenolic OH excluding ortho intramolecular Hbond substituents is 1. The van der Waals surface area contributed by atoms with Gasteiger partial charge in [-0.15, -0.1) is 0 Å². The van der Waals surface area contributed by atoms with Gasteiger partial charge in [0, 0.05) is 11.1 Å². The first-order chi connectivity index (χ1) is 13.2. The van der Waals surface area contributed by atoms with Gasteiger partial charge in [-0.1, -0.05) is 60.7 Å². The van der Waals surface area contributed by atoms with Crippen LogP contribution in [-0.2, 0) is 0 Å². The summed E-state index contributed by atoms with van der Waals surface area (Å²) in [5.74, 6) is 0.459. The maximum Gasteiger partial charge on any atom is 0.153 e. The molecule has 4 heteroatoms. The quantitative estimate of drug-likeness (QED) is 0.493. The van der Waals surface area contributed by atoms with Crippen LogP contribution in [0.25, 0.3) is 33.9 Å². The SMILES string of the molecule is Cc1cc(C=O)c(O)c(-c2nc(-c3ccccc3)c(-c3ccccc3)[nH]2)c1. The van der Waals surface area contributed by atoms with Crippen molar-refractivity contribution in [1.82, 2.24) is 9.97 Å². The molecule has 1 aromatic heterocycles. The minimum Gasteiger partial charge on any atom is -0.506 e. The second kappa shape index (κ2) is 6.92. The Morgan fingerprint density at radius 3 is 2.19 bits per heavy atom. The summed E-state index contributed by atoms with van der Waals surface area (Å²) in [6, 6.07) is 23.3. The number of aromatic amines is 1. The highest BCUT2D eigenvalue weighted by atomic mass is 16.3. The zero-order chi connectivity index (χ0) is 18.8. The van der Waals surface area contributed by atoms with Crippen LogP contribution in [0.3, 0.4) is 0 Å². The van der Waals surface area contributed by atoms with Crippen molar-refractivity contribution in [2.24, 2.45) is 0 Å². The summed E-state index contributed by atoms with van der Waals surface area (Å²) in [6.07, 6.45) is 0.658. The molecule has 27 heavy (non-hydrogen) atoms. The Hall–Kier alpha value is -3.66. The van der Waals surface area contributed by atoms with Gasteiger partial charge in [0.05, 0.1) is 22.5 Å². The van der Waals surface area contributed by atoms with Gasteiger partial charge in [0.2, 0.25) is 0 Å². The number of nitrogens with one attached hydrogen (secondary N) is 1. The van der Waals surface area contributed by atoms with E-state index >= 15 is 0 Å². The minimum absolute atomic E-state index is 0.0661. The maximum atomic E-state index is 11.3. The Balaban J connectivity index is 1.96. The number of aromatic nitrogens is 2. The first kappa shape index (κ1) is 16.8. The largest absolute Gasteiger partial charge is 0.506 e. The number of aromatic hydroxyl groups is 1. The second-order valence-electron chi connectivity index (χ2n) is 6.41. The summed E-state index contributed by atoms with van der Waals surface area (Å²) in [7, 11) is 0. The molecule has 0 atom stereocenters. The summed E-state index contributed by atoms with van der Waals surface area (Å²) < 4.78 is 0. The number of phenols is 1. The Labute approximate surface area is 157 Å². The number of nitrogens with zero attached hydrogens (tertiary/aromatic N) is 1. The van der Waals surface area contributed by atoms with Crippen LogP contribution in [0.5, 0.6) is 5.75 Å². The molecule has 0 spiro atoms. The van der Waals surface area contributed by atoms with Crippen molar-refractivity contribution in [1.29, 1.82) is 0 Å². The van der Waals surface area contributed by atoms with Crippen molar-refractivity contribution in [3.05, 3.63) is 83.9 Å². The summed E-state index contributed by atoms with van der Waals surface area (Å²) in [6.45, 7) is 1.88. The number of aryl methyl sites for hydroxylation is 1. The molecule has 3 aromatic carbocycles. The van der Waals surface area contributed by atoms with Crippen LogP contribution in [0.2, 0.25) is 0 Å². The van der Waals surface area contributed by atoms with Gasteiger partial charge < -0.3 is 10.1 Å². The molecule has 4 aromatic rings. The molecule has 132 valence electrons. The second-order valence-corrected chi connectivity index (χ2v) is 6.41. The smallest absolute Gasteiger partial charge is 0.153 e. The fourth-order valence-corrected chi connectivity index (χ4v) is 3.20. The monoisotopic (exact) mass is 354 g/mol. The molecule has 0 bridgehead atoms. The van der Waals surface area contributed by atoms with Crippen molar-refractivity contribution in [2.45, 2.75) is 6.92 Å². The molecule has 0 saturated carbocycles. The summed E-state index contributed by atoms with van der Waals surface area (Å²) in [5, 5.41) is 10.5. The average molecular weight is 354 g/mol. The molecule has 0 amide bonds. The number of hydrogen-bond donors (Lipinski definition) is 2. The van der Waals surface area contributed by atoms with Crippen molar-refractivity contribution < 1.29 is 9.90 Å². The zero-order valence-electron chi connectivity index (χ0n) is 14.8. The van der Waals surface area contributed by atoms with Gasteiger partial charge in [-0.25, -0.2) is 4.98 Å². The Morgan fingerprint density at radius 2 is 1.56 bits per heavy atom. The topological polar surface area (TPSA) is 66.0 Å². The minimum atomic E-state index is -0.0661. The van der Waals surface area contributed by atoms with Crippen molar-refractivity contribution >= 4 is 6.29 Å². The number of H-pyrrole nitrogens is 1. The van der Waals surface area contributed by atoms with Crippen LogP contribution >= 0.6 is 0 Å². The van der Waals surface area contributed by atoms with Gasteiger partial charge in [0.15, 0.2) is 6.29 Å². The molecule has 4 nitrogen and oxygen atoms in total. The standard InChI is InChI=1S/C23H18N2O2/c1-15-12-18(14-26)22(27)19(13-15)23-24-20(16-8-4-2-5-9-16)21(25-23)17-10-6-3-7-11-17/h2-14,27H,1H3,(H,24,25).